The fourth-order valence-electron chi connectivity index (χ4n) is 4.73. The highest BCUT2D eigenvalue weighted by atomic mass is 32.1. The molecule has 7 nitrogen and oxygen atoms in total. The van der Waals surface area contributed by atoms with Crippen molar-refractivity contribution in [2.24, 2.45) is 10.9 Å². The first-order valence-electron chi connectivity index (χ1n) is 10.3. The molecule has 2 bridgehead atoms. The summed E-state index contributed by atoms with van der Waals surface area (Å²) in [6.45, 7) is 3.34. The second kappa shape index (κ2) is 6.67. The molecule has 0 fully saturated rings. The Kier molecular flexibility index (Phi) is 3.98. The average molecular weight is 443 g/mol. The Labute approximate surface area is 186 Å². The van der Waals surface area contributed by atoms with Crippen LogP contribution in [0.25, 0.3) is 17.1 Å². The van der Waals surface area contributed by atoms with Gasteiger partial charge in [0, 0.05) is 5.56 Å². The summed E-state index contributed by atoms with van der Waals surface area (Å²) in [6.07, 6.45) is 3.38. The number of Topliss-reactive ketones (excluding diaryl/α,β-unsaturated/α-hetero) is 1. The molecule has 0 amide bonds. The van der Waals surface area contributed by atoms with Gasteiger partial charge in [-0.05, 0) is 38.1 Å². The zero-order chi connectivity index (χ0) is 22.0. The summed E-state index contributed by atoms with van der Waals surface area (Å²) in [4.78, 5) is 40.6. The van der Waals surface area contributed by atoms with Crippen molar-refractivity contribution in [3.8, 4) is 5.75 Å². The molecule has 0 N–H and O–H groups in total. The van der Waals surface area contributed by atoms with Gasteiger partial charge in [0.1, 0.15) is 17.5 Å². The Bertz CT molecular complexity index is 1610. The summed E-state index contributed by atoms with van der Waals surface area (Å²) in [6, 6.07) is 14.7. The van der Waals surface area contributed by atoms with E-state index in [9.17, 15) is 9.59 Å². The van der Waals surface area contributed by atoms with Gasteiger partial charge < -0.3 is 4.74 Å². The van der Waals surface area contributed by atoms with Gasteiger partial charge in [-0.3, -0.25) is 19.1 Å². The third-order valence-electron chi connectivity index (χ3n) is 6.06. The number of nitrogens with zero attached hydrogens (tertiary/aromatic N) is 4. The normalized spacial score (nSPS) is 23.8. The summed E-state index contributed by atoms with van der Waals surface area (Å²) in [5.74, 6) is -0.00753. The van der Waals surface area contributed by atoms with Crippen molar-refractivity contribution < 1.29 is 9.53 Å². The van der Waals surface area contributed by atoms with E-state index >= 15 is 0 Å². The molecule has 3 atom stereocenters. The topological polar surface area (TPSA) is 86.4 Å². The van der Waals surface area contributed by atoms with Crippen LogP contribution in [0.1, 0.15) is 31.1 Å². The highest BCUT2D eigenvalue weighted by Gasteiger charge is 2.53. The van der Waals surface area contributed by atoms with Crippen molar-refractivity contribution in [2.45, 2.75) is 25.6 Å². The van der Waals surface area contributed by atoms with E-state index in [0.29, 0.717) is 20.8 Å². The van der Waals surface area contributed by atoms with Crippen LogP contribution < -0.4 is 19.6 Å². The van der Waals surface area contributed by atoms with Crippen LogP contribution in [0.4, 0.5) is 0 Å². The number of rotatable bonds is 2. The third-order valence-corrected chi connectivity index (χ3v) is 7.05. The molecular weight excluding hydrogens is 424 g/mol. The molecule has 2 aromatic heterocycles. The van der Waals surface area contributed by atoms with Gasteiger partial charge in [0.05, 0.1) is 33.5 Å². The maximum absolute atomic E-state index is 13.5. The predicted molar refractivity (Wildman–Crippen MR) is 120 cm³/mol. The largest absolute Gasteiger partial charge is 0.465 e. The smallest absolute Gasteiger partial charge is 0.270 e. The zero-order valence-corrected chi connectivity index (χ0v) is 18.2. The molecule has 32 heavy (non-hydrogen) atoms. The highest BCUT2D eigenvalue weighted by Crippen LogP contribution is 2.47. The van der Waals surface area contributed by atoms with E-state index in [2.05, 4.69) is 9.97 Å². The molecule has 2 aliphatic rings. The van der Waals surface area contributed by atoms with Crippen LogP contribution in [-0.4, -0.2) is 26.0 Å². The van der Waals surface area contributed by atoms with Crippen LogP contribution in [0.15, 0.2) is 64.5 Å². The van der Waals surface area contributed by atoms with Gasteiger partial charge in [0.15, 0.2) is 4.80 Å². The van der Waals surface area contributed by atoms with E-state index < -0.39 is 17.7 Å². The molecule has 0 spiro atoms. The minimum atomic E-state index is -1.07. The second-order valence-corrected chi connectivity index (χ2v) is 9.20. The van der Waals surface area contributed by atoms with Crippen molar-refractivity contribution in [1.29, 1.82) is 0 Å². The Morgan fingerprint density at radius 2 is 1.91 bits per heavy atom. The third kappa shape index (κ3) is 2.69. The summed E-state index contributed by atoms with van der Waals surface area (Å²) < 4.78 is 8.34. The van der Waals surface area contributed by atoms with E-state index in [-0.39, 0.29) is 11.3 Å². The molecule has 4 heterocycles. The Balaban J connectivity index is 1.60. The number of ether oxygens (including phenoxy) is 1. The molecular formula is C24H18N4O3S. The van der Waals surface area contributed by atoms with Crippen LogP contribution in [-0.2, 0) is 4.79 Å². The number of aromatic nitrogens is 3. The number of thiazole rings is 1. The number of hydrogen-bond donors (Lipinski definition) is 0. The van der Waals surface area contributed by atoms with Gasteiger partial charge in [0.2, 0.25) is 5.72 Å². The minimum Gasteiger partial charge on any atom is -0.465 e. The molecule has 4 aromatic rings. The van der Waals surface area contributed by atoms with E-state index in [4.69, 9.17) is 9.73 Å². The lowest BCUT2D eigenvalue weighted by Crippen LogP contribution is -2.58. The molecule has 6 rings (SSSR count). The van der Waals surface area contributed by atoms with Gasteiger partial charge >= 0.3 is 0 Å². The lowest BCUT2D eigenvalue weighted by Gasteiger charge is -2.45. The van der Waals surface area contributed by atoms with Crippen molar-refractivity contribution >= 4 is 34.2 Å². The van der Waals surface area contributed by atoms with E-state index in [1.165, 1.54) is 18.3 Å². The lowest BCUT2D eigenvalue weighted by atomic mass is 9.79. The maximum Gasteiger partial charge on any atom is 0.270 e. The number of hydrogen-bond acceptors (Lipinski definition) is 7. The van der Waals surface area contributed by atoms with E-state index in [1.54, 1.807) is 16.8 Å². The Hall–Kier alpha value is -3.65. The van der Waals surface area contributed by atoms with Crippen LogP contribution in [0.3, 0.4) is 0 Å². The first-order valence-corrected chi connectivity index (χ1v) is 11.1. The summed E-state index contributed by atoms with van der Waals surface area (Å²) >= 11 is 1.28. The molecule has 0 radical (unpaired) electrons. The summed E-state index contributed by atoms with van der Waals surface area (Å²) in [7, 11) is 0. The number of benzene rings is 2. The maximum atomic E-state index is 13.5. The second-order valence-electron chi connectivity index (χ2n) is 8.19. The molecule has 2 aromatic carbocycles. The standard InChI is InChI=1S/C24H18N4O3S/c1-13(29)20-21-15-7-3-6-10-18(15)31-24(20,2)27-23-28(21)22(30)19(32-23)11-14-12-25-16-8-4-5-9-17(16)26-14/h3-12,20-21H,1-2H3/b19-11-/t20-,21-,24+/m1/s1. The molecule has 0 saturated carbocycles. The average Bonchev–Trinajstić information content (AvgIpc) is 3.06. The van der Waals surface area contributed by atoms with E-state index in [0.717, 1.165) is 16.6 Å². The first-order chi connectivity index (χ1) is 15.4. The zero-order valence-electron chi connectivity index (χ0n) is 17.4. The van der Waals surface area contributed by atoms with Gasteiger partial charge in [-0.15, -0.1) is 0 Å². The van der Waals surface area contributed by atoms with Crippen molar-refractivity contribution in [3.63, 3.8) is 0 Å². The monoisotopic (exact) mass is 442 g/mol. The van der Waals surface area contributed by atoms with Gasteiger partial charge in [-0.1, -0.05) is 41.7 Å². The molecule has 0 aliphatic carbocycles. The quantitative estimate of drug-likeness (QED) is 0.475. The van der Waals surface area contributed by atoms with Gasteiger partial charge in [-0.25, -0.2) is 9.98 Å². The number of carbonyl (C=O) groups is 1. The first kappa shape index (κ1) is 19.1. The van der Waals surface area contributed by atoms with Crippen LogP contribution in [0.5, 0.6) is 5.75 Å². The number of ketones is 1. The number of fused-ring (bicyclic) bond motifs is 7. The molecule has 2 aliphatic heterocycles. The summed E-state index contributed by atoms with van der Waals surface area (Å²) in [5, 5.41) is 0. The minimum absolute atomic E-state index is 0.0644. The van der Waals surface area contributed by atoms with Crippen molar-refractivity contribution in [1.82, 2.24) is 14.5 Å². The number of para-hydroxylation sites is 3. The van der Waals surface area contributed by atoms with Gasteiger partial charge in [0.25, 0.3) is 5.56 Å². The van der Waals surface area contributed by atoms with Crippen LogP contribution in [0.2, 0.25) is 0 Å². The van der Waals surface area contributed by atoms with Crippen molar-refractivity contribution in [3.05, 3.63) is 85.7 Å². The predicted octanol–water partition coefficient (Wildman–Crippen LogP) is 2.22. The fourth-order valence-corrected chi connectivity index (χ4v) is 5.82. The summed E-state index contributed by atoms with van der Waals surface area (Å²) in [5.41, 5.74) is 1.70. The van der Waals surface area contributed by atoms with Gasteiger partial charge in [-0.2, -0.15) is 0 Å². The molecule has 158 valence electrons. The molecule has 8 heteroatoms. The number of carbonyl (C=O) groups excluding carboxylic acids is 1. The SMILES string of the molecule is CC(=O)[C@@H]1[C@H]2c3ccccc3O[C@]1(C)N=c1s/c(=C\c3cnc4ccccc4n3)c(=O)n12. The Morgan fingerprint density at radius 3 is 2.72 bits per heavy atom. The molecule has 0 unspecified atom stereocenters. The highest BCUT2D eigenvalue weighted by molar-refractivity contribution is 7.07. The van der Waals surface area contributed by atoms with Crippen LogP contribution >= 0.6 is 11.3 Å². The Morgan fingerprint density at radius 1 is 1.16 bits per heavy atom. The van der Waals surface area contributed by atoms with Crippen molar-refractivity contribution in [2.75, 3.05) is 0 Å². The van der Waals surface area contributed by atoms with E-state index in [1.807, 2.05) is 55.5 Å². The van der Waals surface area contributed by atoms with Crippen LogP contribution in [0, 0.1) is 5.92 Å². The lowest BCUT2D eigenvalue weighted by molar-refractivity contribution is -0.132. The molecule has 0 saturated heterocycles. The fraction of sp³-hybridized carbons (Fsp3) is 0.208.